The van der Waals surface area contributed by atoms with Crippen LogP contribution in [0.1, 0.15) is 24.0 Å². The Morgan fingerprint density at radius 1 is 0.373 bits per heavy atom. The molecule has 9 aromatic carbocycles. The summed E-state index contributed by atoms with van der Waals surface area (Å²) in [6.45, 7) is 0. The fraction of sp³-hybridized carbons (Fsp3) is 0.0800. The Kier molecular flexibility index (Phi) is 6.27. The second-order valence-electron chi connectivity index (χ2n) is 14.2. The van der Waals surface area contributed by atoms with Gasteiger partial charge in [0.1, 0.15) is 0 Å². The summed E-state index contributed by atoms with van der Waals surface area (Å²) in [5, 5.41) is 13.2. The maximum Gasteiger partial charge on any atom is 0.0541 e. The Balaban J connectivity index is 1.22. The van der Waals surface area contributed by atoms with Crippen LogP contribution in [0.3, 0.4) is 0 Å². The van der Waals surface area contributed by atoms with E-state index in [-0.39, 0.29) is 0 Å². The van der Waals surface area contributed by atoms with E-state index in [9.17, 15) is 0 Å². The zero-order valence-electron chi connectivity index (χ0n) is 28.4. The lowest BCUT2D eigenvalue weighted by molar-refractivity contribution is 0.691. The van der Waals surface area contributed by atoms with Gasteiger partial charge in [-0.05, 0) is 132 Å². The van der Waals surface area contributed by atoms with Gasteiger partial charge in [0.15, 0.2) is 0 Å². The molecule has 0 amide bonds. The largest absolute Gasteiger partial charge is 0.309 e. The van der Waals surface area contributed by atoms with Gasteiger partial charge < -0.3 is 4.57 Å². The monoisotopic (exact) mass is 649 g/mol. The van der Waals surface area contributed by atoms with Gasteiger partial charge in [-0.25, -0.2) is 0 Å². The van der Waals surface area contributed by atoms with Gasteiger partial charge in [0, 0.05) is 16.5 Å². The van der Waals surface area contributed by atoms with Crippen LogP contribution in [0.2, 0.25) is 0 Å². The average molecular weight is 650 g/mol. The van der Waals surface area contributed by atoms with Crippen molar-refractivity contribution in [2.24, 2.45) is 0 Å². The first-order valence-corrected chi connectivity index (χ1v) is 18.3. The molecule has 1 aromatic heterocycles. The molecule has 11 rings (SSSR count). The summed E-state index contributed by atoms with van der Waals surface area (Å²) in [4.78, 5) is 0. The number of aryl methyl sites for hydroxylation is 1. The van der Waals surface area contributed by atoms with Crippen molar-refractivity contribution < 1.29 is 0 Å². The minimum Gasteiger partial charge on any atom is -0.309 e. The minimum atomic E-state index is 1.13. The molecule has 1 aliphatic carbocycles. The maximum absolute atomic E-state index is 2.50. The summed E-state index contributed by atoms with van der Waals surface area (Å²) < 4.78 is 2.41. The number of fused-ring (bicyclic) bond motifs is 10. The van der Waals surface area contributed by atoms with Gasteiger partial charge in [0.05, 0.1) is 11.0 Å². The highest BCUT2D eigenvalue weighted by molar-refractivity contribution is 6.28. The number of aromatic nitrogens is 1. The van der Waals surface area contributed by atoms with Crippen molar-refractivity contribution in [3.05, 3.63) is 175 Å². The van der Waals surface area contributed by atoms with Gasteiger partial charge in [-0.15, -0.1) is 0 Å². The summed E-state index contributed by atoms with van der Waals surface area (Å²) in [6, 6.07) is 61.2. The van der Waals surface area contributed by atoms with Crippen molar-refractivity contribution in [1.29, 1.82) is 0 Å². The van der Waals surface area contributed by atoms with E-state index in [4.69, 9.17) is 0 Å². The molecule has 1 nitrogen and oxygen atoms in total. The highest BCUT2D eigenvalue weighted by Crippen LogP contribution is 2.49. The molecule has 0 aliphatic heterocycles. The van der Waals surface area contributed by atoms with Crippen LogP contribution in [0, 0.1) is 0 Å². The third kappa shape index (κ3) is 4.22. The molecular formula is C50H35N. The van der Waals surface area contributed by atoms with Crippen LogP contribution in [0.5, 0.6) is 0 Å². The SMILES string of the molecule is c1ccc2c3c(c(-c4c5ccccc5c(-c5ccc(-n6c7ccccc7c7ccccc76)cc5)c5ccc6ccccc6c45)cc2c1)CCCC3. The van der Waals surface area contributed by atoms with Gasteiger partial charge in [-0.1, -0.05) is 133 Å². The van der Waals surface area contributed by atoms with Crippen molar-refractivity contribution >= 4 is 64.9 Å². The molecule has 0 fully saturated rings. The second-order valence-corrected chi connectivity index (χ2v) is 14.2. The van der Waals surface area contributed by atoms with Gasteiger partial charge in [0.25, 0.3) is 0 Å². The molecule has 0 saturated carbocycles. The lowest BCUT2D eigenvalue weighted by atomic mass is 9.78. The minimum absolute atomic E-state index is 1.13. The number of nitrogens with zero attached hydrogens (tertiary/aromatic N) is 1. The molecule has 0 atom stereocenters. The molecule has 0 saturated heterocycles. The van der Waals surface area contributed by atoms with E-state index in [1.54, 1.807) is 11.1 Å². The molecule has 1 heteroatoms. The van der Waals surface area contributed by atoms with Crippen LogP contribution in [0.15, 0.2) is 164 Å². The third-order valence-electron chi connectivity index (χ3n) is 11.6. The fourth-order valence-electron chi connectivity index (χ4n) is 9.38. The molecule has 51 heavy (non-hydrogen) atoms. The van der Waals surface area contributed by atoms with E-state index >= 15 is 0 Å². The topological polar surface area (TPSA) is 4.93 Å². The van der Waals surface area contributed by atoms with Crippen LogP contribution in [-0.4, -0.2) is 4.57 Å². The summed E-state index contributed by atoms with van der Waals surface area (Å²) in [5.41, 5.74) is 12.1. The number of hydrogen-bond donors (Lipinski definition) is 0. The molecule has 240 valence electrons. The number of benzene rings is 9. The summed E-state index contributed by atoms with van der Waals surface area (Å²) >= 11 is 0. The van der Waals surface area contributed by atoms with Crippen LogP contribution in [0.25, 0.3) is 92.8 Å². The van der Waals surface area contributed by atoms with Crippen LogP contribution < -0.4 is 0 Å². The van der Waals surface area contributed by atoms with E-state index in [0.717, 1.165) is 12.8 Å². The number of rotatable bonds is 3. The van der Waals surface area contributed by atoms with Gasteiger partial charge in [0.2, 0.25) is 0 Å². The summed E-state index contributed by atoms with van der Waals surface area (Å²) in [5.74, 6) is 0. The predicted molar refractivity (Wildman–Crippen MR) is 218 cm³/mol. The lowest BCUT2D eigenvalue weighted by Gasteiger charge is -2.25. The predicted octanol–water partition coefficient (Wildman–Crippen LogP) is 13.6. The molecular weight excluding hydrogens is 615 g/mol. The Morgan fingerprint density at radius 3 is 1.63 bits per heavy atom. The number of hydrogen-bond acceptors (Lipinski definition) is 0. The second kappa shape index (κ2) is 11.2. The molecule has 0 radical (unpaired) electrons. The smallest absolute Gasteiger partial charge is 0.0541 e. The van der Waals surface area contributed by atoms with E-state index in [1.165, 1.54) is 106 Å². The van der Waals surface area contributed by atoms with Gasteiger partial charge in [-0.3, -0.25) is 0 Å². The third-order valence-corrected chi connectivity index (χ3v) is 11.6. The highest BCUT2D eigenvalue weighted by atomic mass is 15.0. The van der Waals surface area contributed by atoms with Crippen molar-refractivity contribution in [2.45, 2.75) is 25.7 Å². The summed E-state index contributed by atoms with van der Waals surface area (Å²) in [6.07, 6.45) is 4.78. The molecule has 0 unspecified atom stereocenters. The van der Waals surface area contributed by atoms with Crippen LogP contribution in [0.4, 0.5) is 0 Å². The first kappa shape index (κ1) is 28.6. The van der Waals surface area contributed by atoms with Gasteiger partial charge >= 0.3 is 0 Å². The molecule has 0 spiro atoms. The first-order chi connectivity index (χ1) is 25.3. The lowest BCUT2D eigenvalue weighted by Crippen LogP contribution is -2.06. The van der Waals surface area contributed by atoms with Crippen LogP contribution >= 0.6 is 0 Å². The van der Waals surface area contributed by atoms with Crippen molar-refractivity contribution in [3.63, 3.8) is 0 Å². The Morgan fingerprint density at radius 2 is 0.922 bits per heavy atom. The maximum atomic E-state index is 2.50. The summed E-state index contributed by atoms with van der Waals surface area (Å²) in [7, 11) is 0. The van der Waals surface area contributed by atoms with E-state index in [1.807, 2.05) is 0 Å². The standard InChI is InChI=1S/C50H35N/c1-4-16-37-32(13-1)27-30-44-48(33-25-28-35(29-26-33)51-46-23-11-9-19-40(46)41-20-10-12-24-47(41)51)42-21-7-8-22-43(42)50(49(37)44)45-31-34-14-2-3-15-36(34)38-17-5-6-18-39(38)45/h1-4,7-16,19-31H,5-6,17-18H2. The molecule has 1 aliphatic rings. The number of para-hydroxylation sites is 2. The van der Waals surface area contributed by atoms with E-state index in [2.05, 4.69) is 168 Å². The fourth-order valence-corrected chi connectivity index (χ4v) is 9.38. The van der Waals surface area contributed by atoms with E-state index in [0.29, 0.717) is 0 Å². The zero-order chi connectivity index (χ0) is 33.5. The molecule has 0 N–H and O–H groups in total. The van der Waals surface area contributed by atoms with Gasteiger partial charge in [-0.2, -0.15) is 0 Å². The van der Waals surface area contributed by atoms with Crippen molar-refractivity contribution in [3.8, 4) is 27.9 Å². The van der Waals surface area contributed by atoms with Crippen molar-refractivity contribution in [2.75, 3.05) is 0 Å². The molecule has 10 aromatic rings. The van der Waals surface area contributed by atoms with E-state index < -0.39 is 0 Å². The first-order valence-electron chi connectivity index (χ1n) is 18.3. The normalized spacial score (nSPS) is 13.2. The Labute approximate surface area is 297 Å². The highest BCUT2D eigenvalue weighted by Gasteiger charge is 2.24. The van der Waals surface area contributed by atoms with Crippen LogP contribution in [-0.2, 0) is 12.8 Å². The average Bonchev–Trinajstić information content (AvgIpc) is 3.54. The van der Waals surface area contributed by atoms with Crippen molar-refractivity contribution in [1.82, 2.24) is 4.57 Å². The molecule has 0 bridgehead atoms. The quantitative estimate of drug-likeness (QED) is 0.133. The zero-order valence-corrected chi connectivity index (χ0v) is 28.4. The molecule has 1 heterocycles. The Bertz CT molecular complexity index is 2960. The Hall–Kier alpha value is -6.18.